The molecule has 0 aliphatic heterocycles. The number of benzene rings is 1. The molecule has 3 heteroatoms. The maximum absolute atomic E-state index is 12.3. The SMILES string of the molecule is Cc1cc(C)c(C(=O)P[C]2CCCC2)c(C)c1.[LiH]. The second-order valence-corrected chi connectivity index (χ2v) is 6.45. The van der Waals surface area contributed by atoms with Crippen molar-refractivity contribution in [1.29, 1.82) is 0 Å². The number of carbonyl (C=O) groups excluding carboxylic acids is 1. The Labute approximate surface area is 124 Å². The molecule has 18 heavy (non-hydrogen) atoms. The van der Waals surface area contributed by atoms with Crippen LogP contribution in [-0.2, 0) is 0 Å². The van der Waals surface area contributed by atoms with E-state index in [1.165, 1.54) is 36.9 Å². The van der Waals surface area contributed by atoms with Gasteiger partial charge in [-0.05, 0) is 53.3 Å². The van der Waals surface area contributed by atoms with Crippen LogP contribution in [0.15, 0.2) is 12.1 Å². The molecule has 1 saturated carbocycles. The molecule has 0 aromatic heterocycles. The fourth-order valence-electron chi connectivity index (χ4n) is 2.69. The predicted molar refractivity (Wildman–Crippen MR) is 82.2 cm³/mol. The fourth-order valence-corrected chi connectivity index (χ4v) is 4.13. The summed E-state index contributed by atoms with van der Waals surface area (Å²) in [6.45, 7) is 6.19. The average molecular weight is 255 g/mol. The van der Waals surface area contributed by atoms with E-state index in [4.69, 9.17) is 0 Å². The van der Waals surface area contributed by atoms with Crippen LogP contribution in [0, 0.1) is 26.4 Å². The zero-order valence-corrected chi connectivity index (χ0v) is 11.9. The molecule has 1 atom stereocenters. The summed E-state index contributed by atoms with van der Waals surface area (Å²) in [6.07, 6.45) is 4.91. The zero-order valence-electron chi connectivity index (χ0n) is 10.9. The van der Waals surface area contributed by atoms with Crippen molar-refractivity contribution >= 4 is 33.0 Å². The summed E-state index contributed by atoms with van der Waals surface area (Å²) in [5.74, 6) is 0. The van der Waals surface area contributed by atoms with Gasteiger partial charge >= 0.3 is 18.9 Å². The first-order valence-corrected chi connectivity index (χ1v) is 7.32. The van der Waals surface area contributed by atoms with Crippen molar-refractivity contribution in [1.82, 2.24) is 0 Å². The molecule has 2 rings (SSSR count). The van der Waals surface area contributed by atoms with E-state index in [1.54, 1.807) is 0 Å². The number of aryl methyl sites for hydroxylation is 3. The summed E-state index contributed by atoms with van der Waals surface area (Å²) in [5, 5.41) is 0. The van der Waals surface area contributed by atoms with Crippen LogP contribution in [-0.4, -0.2) is 24.4 Å². The first-order chi connectivity index (χ1) is 8.08. The molecule has 0 bridgehead atoms. The number of carbonyl (C=O) groups is 1. The van der Waals surface area contributed by atoms with E-state index >= 15 is 0 Å². The predicted octanol–water partition coefficient (Wildman–Crippen LogP) is 3.89. The summed E-state index contributed by atoms with van der Waals surface area (Å²) in [7, 11) is 0.404. The monoisotopic (exact) mass is 255 g/mol. The average Bonchev–Trinajstić information content (AvgIpc) is 2.68. The maximum atomic E-state index is 12.3. The van der Waals surface area contributed by atoms with Crippen LogP contribution in [0.4, 0.5) is 0 Å². The van der Waals surface area contributed by atoms with E-state index < -0.39 is 0 Å². The molecule has 0 spiro atoms. The third-order valence-electron chi connectivity index (χ3n) is 3.40. The van der Waals surface area contributed by atoms with E-state index in [1.807, 2.05) is 0 Å². The Hall–Kier alpha value is -0.0826. The molecule has 1 aliphatic rings. The first kappa shape index (κ1) is 16.0. The summed E-state index contributed by atoms with van der Waals surface area (Å²) >= 11 is 0. The Balaban J connectivity index is 0.00000162. The molecule has 1 nitrogen and oxygen atoms in total. The van der Waals surface area contributed by atoms with Gasteiger partial charge in [-0.2, -0.15) is 0 Å². The van der Waals surface area contributed by atoms with Crippen LogP contribution in [0.2, 0.25) is 0 Å². The molecule has 1 aromatic carbocycles. The molecule has 93 valence electrons. The Morgan fingerprint density at radius 1 is 1.06 bits per heavy atom. The van der Waals surface area contributed by atoms with Gasteiger partial charge in [0.25, 0.3) is 0 Å². The molecule has 1 unspecified atom stereocenters. The summed E-state index contributed by atoms with van der Waals surface area (Å²) < 4.78 is 0. The van der Waals surface area contributed by atoms with E-state index in [9.17, 15) is 4.79 Å². The van der Waals surface area contributed by atoms with Crippen LogP contribution >= 0.6 is 8.58 Å². The Kier molecular flexibility index (Phi) is 6.13. The molecular weight excluding hydrogens is 234 g/mol. The first-order valence-electron chi connectivity index (χ1n) is 6.32. The molecular formula is C15H21LiOP. The zero-order chi connectivity index (χ0) is 12.4. The number of hydrogen-bond acceptors (Lipinski definition) is 1. The van der Waals surface area contributed by atoms with Crippen molar-refractivity contribution in [2.45, 2.75) is 46.5 Å². The molecule has 0 saturated heterocycles. The van der Waals surface area contributed by atoms with Crippen LogP contribution in [0.25, 0.3) is 0 Å². The third kappa shape index (κ3) is 3.71. The van der Waals surface area contributed by atoms with Crippen molar-refractivity contribution in [3.8, 4) is 0 Å². The van der Waals surface area contributed by atoms with Gasteiger partial charge in [0.15, 0.2) is 5.52 Å². The van der Waals surface area contributed by atoms with Gasteiger partial charge < -0.3 is 0 Å². The number of rotatable bonds is 3. The molecule has 1 fully saturated rings. The quantitative estimate of drug-likeness (QED) is 0.591. The van der Waals surface area contributed by atoms with Crippen molar-refractivity contribution in [2.75, 3.05) is 0 Å². The van der Waals surface area contributed by atoms with E-state index in [2.05, 4.69) is 32.9 Å². The van der Waals surface area contributed by atoms with Gasteiger partial charge in [-0.1, -0.05) is 30.5 Å². The Bertz CT molecular complexity index is 413. The molecule has 1 radical (unpaired) electrons. The summed E-state index contributed by atoms with van der Waals surface area (Å²) in [5.41, 5.74) is 6.31. The standard InChI is InChI=1S/C15H20OP.Li.H/c1-10-8-11(2)14(12(3)9-10)15(16)17-13-6-4-5-7-13;;/h8-9,17H,4-7H2,1-3H3;;. The minimum absolute atomic E-state index is 0. The number of hydrogen-bond donors (Lipinski definition) is 0. The molecule has 0 N–H and O–H groups in total. The minimum atomic E-state index is 0. The van der Waals surface area contributed by atoms with E-state index in [-0.39, 0.29) is 18.9 Å². The molecule has 1 aromatic rings. The second-order valence-electron chi connectivity index (χ2n) is 5.04. The van der Waals surface area contributed by atoms with E-state index in [0.29, 0.717) is 14.1 Å². The van der Waals surface area contributed by atoms with Gasteiger partial charge in [-0.25, -0.2) is 0 Å². The summed E-state index contributed by atoms with van der Waals surface area (Å²) in [6, 6.07) is 4.23. The van der Waals surface area contributed by atoms with Gasteiger partial charge in [-0.15, -0.1) is 0 Å². The Morgan fingerprint density at radius 3 is 2.06 bits per heavy atom. The fraction of sp³-hybridized carbons (Fsp3) is 0.467. The van der Waals surface area contributed by atoms with Crippen molar-refractivity contribution in [3.63, 3.8) is 0 Å². The molecule has 1 aliphatic carbocycles. The van der Waals surface area contributed by atoms with Crippen LogP contribution in [0.1, 0.15) is 52.7 Å². The molecule has 0 amide bonds. The van der Waals surface area contributed by atoms with Gasteiger partial charge in [0, 0.05) is 11.2 Å². The van der Waals surface area contributed by atoms with Gasteiger partial charge in [0.1, 0.15) is 0 Å². The van der Waals surface area contributed by atoms with Crippen LogP contribution < -0.4 is 0 Å². The topological polar surface area (TPSA) is 17.1 Å². The van der Waals surface area contributed by atoms with Crippen LogP contribution in [0.3, 0.4) is 0 Å². The van der Waals surface area contributed by atoms with E-state index in [0.717, 1.165) is 16.7 Å². The van der Waals surface area contributed by atoms with Crippen LogP contribution in [0.5, 0.6) is 0 Å². The normalized spacial score (nSPS) is 16.2. The third-order valence-corrected chi connectivity index (χ3v) is 4.73. The van der Waals surface area contributed by atoms with Crippen molar-refractivity contribution in [2.24, 2.45) is 0 Å². The molecule has 0 heterocycles. The second kappa shape index (κ2) is 6.90. The van der Waals surface area contributed by atoms with Gasteiger partial charge in [0.2, 0.25) is 0 Å². The Morgan fingerprint density at radius 2 is 1.56 bits per heavy atom. The van der Waals surface area contributed by atoms with Crippen molar-refractivity contribution in [3.05, 3.63) is 40.0 Å². The summed E-state index contributed by atoms with van der Waals surface area (Å²) in [4.78, 5) is 12.3. The van der Waals surface area contributed by atoms with Crippen molar-refractivity contribution < 1.29 is 4.79 Å². The van der Waals surface area contributed by atoms with Gasteiger partial charge in [-0.3, -0.25) is 4.79 Å². The van der Waals surface area contributed by atoms with Gasteiger partial charge in [0.05, 0.1) is 0 Å².